The third kappa shape index (κ3) is 5.05. The summed E-state index contributed by atoms with van der Waals surface area (Å²) in [6, 6.07) is 15.7. The minimum absolute atomic E-state index is 0.357. The highest BCUT2D eigenvalue weighted by molar-refractivity contribution is 5.30. The van der Waals surface area contributed by atoms with E-state index in [1.165, 1.54) is 0 Å². The number of hydrogen-bond acceptors (Lipinski definition) is 4. The van der Waals surface area contributed by atoms with E-state index in [9.17, 15) is 4.39 Å². The zero-order valence-corrected chi connectivity index (χ0v) is 14.8. The molecule has 0 amide bonds. The van der Waals surface area contributed by atoms with Gasteiger partial charge in [-0.05, 0) is 35.4 Å². The Morgan fingerprint density at radius 1 is 0.962 bits per heavy atom. The van der Waals surface area contributed by atoms with Gasteiger partial charge in [0.1, 0.15) is 11.5 Å². The molecule has 1 aromatic heterocycles. The molecule has 0 aliphatic heterocycles. The third-order valence-corrected chi connectivity index (χ3v) is 3.95. The van der Waals surface area contributed by atoms with Gasteiger partial charge in [0.2, 0.25) is 0 Å². The van der Waals surface area contributed by atoms with Crippen molar-refractivity contribution < 1.29 is 13.9 Å². The second-order valence-electron chi connectivity index (χ2n) is 5.97. The van der Waals surface area contributed by atoms with Gasteiger partial charge >= 0.3 is 0 Å². The Balaban J connectivity index is 1.55. The zero-order chi connectivity index (χ0) is 18.2. The first kappa shape index (κ1) is 17.9. The average Bonchev–Trinajstić information content (AvgIpc) is 3.11. The predicted octanol–water partition coefficient (Wildman–Crippen LogP) is 3.66. The summed E-state index contributed by atoms with van der Waals surface area (Å²) in [5.74, 6) is 1.59. The molecule has 6 heteroatoms. The van der Waals surface area contributed by atoms with Crippen LogP contribution in [0.1, 0.15) is 23.2 Å². The van der Waals surface area contributed by atoms with Crippen molar-refractivity contribution in [3.63, 3.8) is 0 Å². The molecule has 5 nitrogen and oxygen atoms in total. The lowest BCUT2D eigenvalue weighted by Gasteiger charge is -2.05. The van der Waals surface area contributed by atoms with E-state index in [0.29, 0.717) is 26.0 Å². The molecule has 0 saturated heterocycles. The number of rotatable bonds is 9. The molecule has 0 spiro atoms. The number of halogens is 1. The number of methoxy groups -OCH3 is 1. The molecular formula is C20H22FN3O2. The fourth-order valence-corrected chi connectivity index (χ4v) is 2.57. The Labute approximate surface area is 152 Å². The number of hydrogen-bond donors (Lipinski definition) is 0. The van der Waals surface area contributed by atoms with Crippen molar-refractivity contribution in [3.05, 3.63) is 71.5 Å². The lowest BCUT2D eigenvalue weighted by molar-refractivity contribution is 0.289. The van der Waals surface area contributed by atoms with Crippen LogP contribution in [0.25, 0.3) is 0 Å². The van der Waals surface area contributed by atoms with Crippen molar-refractivity contribution in [2.45, 2.75) is 19.4 Å². The molecule has 2 aromatic carbocycles. The van der Waals surface area contributed by atoms with Gasteiger partial charge in [0.25, 0.3) is 0 Å². The quantitative estimate of drug-likeness (QED) is 0.550. The van der Waals surface area contributed by atoms with Gasteiger partial charge in [-0.1, -0.05) is 29.5 Å². The summed E-state index contributed by atoms with van der Waals surface area (Å²) in [4.78, 5) is 0. The maximum Gasteiger partial charge on any atom is 0.119 e. The normalized spacial score (nSPS) is 10.7. The summed E-state index contributed by atoms with van der Waals surface area (Å²) in [6.45, 7) is 0.706. The van der Waals surface area contributed by atoms with E-state index in [4.69, 9.17) is 9.47 Å². The number of nitrogens with zero attached hydrogens (tertiary/aromatic N) is 3. The molecule has 26 heavy (non-hydrogen) atoms. The van der Waals surface area contributed by atoms with Crippen LogP contribution >= 0.6 is 0 Å². The summed E-state index contributed by atoms with van der Waals surface area (Å²) in [6.07, 6.45) is 3.07. The van der Waals surface area contributed by atoms with Crippen LogP contribution in [0, 0.1) is 0 Å². The molecule has 136 valence electrons. The van der Waals surface area contributed by atoms with E-state index in [1.807, 2.05) is 59.4 Å². The smallest absolute Gasteiger partial charge is 0.119 e. The molecule has 0 atom stereocenters. The van der Waals surface area contributed by atoms with Crippen LogP contribution in [0.15, 0.2) is 54.7 Å². The van der Waals surface area contributed by atoms with Crippen LogP contribution in [0.4, 0.5) is 4.39 Å². The van der Waals surface area contributed by atoms with Crippen molar-refractivity contribution in [1.82, 2.24) is 15.0 Å². The largest absolute Gasteiger partial charge is 0.497 e. The minimum atomic E-state index is -0.357. The summed E-state index contributed by atoms with van der Waals surface area (Å²) >= 11 is 0. The minimum Gasteiger partial charge on any atom is -0.497 e. The van der Waals surface area contributed by atoms with Gasteiger partial charge in [-0.25, -0.2) is 4.68 Å². The predicted molar refractivity (Wildman–Crippen MR) is 97.5 cm³/mol. The van der Waals surface area contributed by atoms with Gasteiger partial charge in [-0.2, -0.15) is 0 Å². The summed E-state index contributed by atoms with van der Waals surface area (Å²) in [5, 5.41) is 8.43. The maximum atomic E-state index is 12.1. The van der Waals surface area contributed by atoms with E-state index in [0.717, 1.165) is 28.3 Å². The Kier molecular flexibility index (Phi) is 6.19. The number of benzene rings is 2. The van der Waals surface area contributed by atoms with Crippen LogP contribution in [0.3, 0.4) is 0 Å². The summed E-state index contributed by atoms with van der Waals surface area (Å²) in [7, 11) is 1.65. The van der Waals surface area contributed by atoms with E-state index < -0.39 is 0 Å². The first-order valence-corrected chi connectivity index (χ1v) is 8.56. The van der Waals surface area contributed by atoms with Crippen LogP contribution in [0.2, 0.25) is 0 Å². The van der Waals surface area contributed by atoms with Gasteiger partial charge in [-0.3, -0.25) is 4.39 Å². The Morgan fingerprint density at radius 2 is 1.65 bits per heavy atom. The molecule has 1 heterocycles. The molecule has 0 radical (unpaired) electrons. The fourth-order valence-electron chi connectivity index (χ4n) is 2.57. The highest BCUT2D eigenvalue weighted by Crippen LogP contribution is 2.15. The van der Waals surface area contributed by atoms with Gasteiger partial charge < -0.3 is 9.47 Å². The molecular weight excluding hydrogens is 332 g/mol. The highest BCUT2D eigenvalue weighted by atomic mass is 18.2. The number of ether oxygens (including phenoxy) is 2. The van der Waals surface area contributed by atoms with Crippen molar-refractivity contribution in [2.24, 2.45) is 0 Å². The fraction of sp³-hybridized carbons (Fsp3) is 0.300. The average molecular weight is 354 g/mol. The molecule has 0 N–H and O–H groups in total. The van der Waals surface area contributed by atoms with Crippen molar-refractivity contribution in [3.8, 4) is 11.5 Å². The molecule has 0 unspecified atom stereocenters. The second kappa shape index (κ2) is 8.99. The van der Waals surface area contributed by atoms with Gasteiger partial charge in [0.05, 0.1) is 32.6 Å². The molecule has 0 fully saturated rings. The Bertz CT molecular complexity index is 801. The molecule has 0 saturated carbocycles. The van der Waals surface area contributed by atoms with Crippen molar-refractivity contribution in [2.75, 3.05) is 20.4 Å². The van der Waals surface area contributed by atoms with Crippen molar-refractivity contribution in [1.29, 1.82) is 0 Å². The maximum absolute atomic E-state index is 12.1. The van der Waals surface area contributed by atoms with Crippen LogP contribution < -0.4 is 9.47 Å². The van der Waals surface area contributed by atoms with E-state index in [2.05, 4.69) is 10.3 Å². The summed E-state index contributed by atoms with van der Waals surface area (Å²) < 4.78 is 24.5. The number of alkyl halides is 1. The van der Waals surface area contributed by atoms with Gasteiger partial charge in [-0.15, -0.1) is 5.10 Å². The molecule has 0 aliphatic carbocycles. The van der Waals surface area contributed by atoms with Crippen LogP contribution in [-0.4, -0.2) is 35.4 Å². The second-order valence-corrected chi connectivity index (χ2v) is 5.97. The van der Waals surface area contributed by atoms with Gasteiger partial charge in [0, 0.05) is 19.0 Å². The molecule has 0 aliphatic rings. The third-order valence-electron chi connectivity index (χ3n) is 3.95. The first-order valence-electron chi connectivity index (χ1n) is 8.56. The Hall–Kier alpha value is -2.89. The van der Waals surface area contributed by atoms with E-state index in [1.54, 1.807) is 7.11 Å². The standard InChI is InChI=1S/C20H22FN3O2/c1-25-19-7-5-17(6-8-19)14-24-15-18(22-23-24)13-16-3-9-20(10-4-16)26-12-2-11-21/h3-10,15H,2,11-14H2,1H3/i21-1. The topological polar surface area (TPSA) is 49.2 Å². The van der Waals surface area contributed by atoms with Crippen LogP contribution in [-0.2, 0) is 13.0 Å². The SMILES string of the molecule is COc1ccc(Cn2cc(Cc3ccc(OCCC[18F])cc3)nn2)cc1. The van der Waals surface area contributed by atoms with Crippen molar-refractivity contribution >= 4 is 0 Å². The van der Waals surface area contributed by atoms with Gasteiger partial charge in [0.15, 0.2) is 0 Å². The van der Waals surface area contributed by atoms with Crippen LogP contribution in [0.5, 0.6) is 11.5 Å². The monoisotopic (exact) mass is 354 g/mol. The number of aromatic nitrogens is 3. The van der Waals surface area contributed by atoms with E-state index >= 15 is 0 Å². The zero-order valence-electron chi connectivity index (χ0n) is 14.8. The summed E-state index contributed by atoms with van der Waals surface area (Å²) in [5.41, 5.74) is 3.17. The highest BCUT2D eigenvalue weighted by Gasteiger charge is 2.04. The molecule has 3 aromatic rings. The molecule has 0 bridgehead atoms. The Morgan fingerprint density at radius 3 is 2.35 bits per heavy atom. The lowest BCUT2D eigenvalue weighted by Crippen LogP contribution is -2.00. The van der Waals surface area contributed by atoms with E-state index in [-0.39, 0.29) is 6.67 Å². The molecule has 3 rings (SSSR count). The first-order chi connectivity index (χ1) is 12.8. The lowest BCUT2D eigenvalue weighted by atomic mass is 10.1.